The van der Waals surface area contributed by atoms with Crippen molar-refractivity contribution in [2.75, 3.05) is 45.8 Å². The van der Waals surface area contributed by atoms with Gasteiger partial charge >= 0.3 is 0 Å². The summed E-state index contributed by atoms with van der Waals surface area (Å²) in [5, 5.41) is 9.72. The fourth-order valence-electron chi connectivity index (χ4n) is 2.59. The Bertz CT molecular complexity index is 413. The van der Waals surface area contributed by atoms with Crippen molar-refractivity contribution < 1.29 is 0 Å². The monoisotopic (exact) mass is 291 g/mol. The molecule has 1 aromatic carbocycles. The quantitative estimate of drug-likeness (QED) is 0.686. The van der Waals surface area contributed by atoms with E-state index in [9.17, 15) is 4.91 Å². The molecule has 0 saturated carbocycles. The van der Waals surface area contributed by atoms with E-state index in [2.05, 4.69) is 20.7 Å². The van der Waals surface area contributed by atoms with Crippen molar-refractivity contribution in [1.29, 1.82) is 0 Å². The molecule has 0 aromatic heterocycles. The normalized spacial score (nSPS) is 19.3. The van der Waals surface area contributed by atoms with E-state index in [4.69, 9.17) is 5.73 Å². The molecule has 2 rings (SSSR count). The molecule has 4 N–H and O–H groups in total. The zero-order valence-corrected chi connectivity index (χ0v) is 12.4. The van der Waals surface area contributed by atoms with Crippen LogP contribution in [0.15, 0.2) is 29.4 Å². The molecule has 6 heteroatoms. The van der Waals surface area contributed by atoms with Crippen molar-refractivity contribution in [2.45, 2.75) is 12.5 Å². The predicted molar refractivity (Wildman–Crippen MR) is 85.8 cm³/mol. The third kappa shape index (κ3) is 5.89. The van der Waals surface area contributed by atoms with Crippen LogP contribution in [0.5, 0.6) is 0 Å². The van der Waals surface area contributed by atoms with Gasteiger partial charge in [-0.25, -0.2) is 0 Å². The highest BCUT2D eigenvalue weighted by Gasteiger charge is 2.12. The highest BCUT2D eigenvalue weighted by molar-refractivity contribution is 5.38. The van der Waals surface area contributed by atoms with Gasteiger partial charge in [0.1, 0.15) is 5.69 Å². The predicted octanol–water partition coefficient (Wildman–Crippen LogP) is 0.449. The lowest BCUT2D eigenvalue weighted by Crippen LogP contribution is -2.43. The Morgan fingerprint density at radius 1 is 1.10 bits per heavy atom. The Morgan fingerprint density at radius 3 is 2.29 bits per heavy atom. The fourth-order valence-corrected chi connectivity index (χ4v) is 2.59. The summed E-state index contributed by atoms with van der Waals surface area (Å²) in [6.45, 7) is 7.01. The third-order valence-corrected chi connectivity index (χ3v) is 3.72. The van der Waals surface area contributed by atoms with Crippen LogP contribution in [0.1, 0.15) is 5.56 Å². The van der Waals surface area contributed by atoms with Crippen LogP contribution >= 0.6 is 0 Å². The number of nitrogens with one attached hydrogen (secondary N) is 2. The number of rotatable bonds is 5. The lowest BCUT2D eigenvalue weighted by molar-refractivity contribution is 0.262. The minimum atomic E-state index is 0.0980. The second-order valence-corrected chi connectivity index (χ2v) is 5.52. The van der Waals surface area contributed by atoms with Crippen molar-refractivity contribution in [2.24, 2.45) is 10.9 Å². The fraction of sp³-hybridized carbons (Fsp3) is 0.600. The van der Waals surface area contributed by atoms with Crippen molar-refractivity contribution in [1.82, 2.24) is 15.5 Å². The van der Waals surface area contributed by atoms with Crippen molar-refractivity contribution in [3.63, 3.8) is 0 Å². The van der Waals surface area contributed by atoms with Gasteiger partial charge in [0.15, 0.2) is 0 Å². The topological polar surface area (TPSA) is 82.8 Å². The number of hydrogen-bond donors (Lipinski definition) is 3. The first kappa shape index (κ1) is 16.0. The van der Waals surface area contributed by atoms with Gasteiger partial charge in [0.05, 0.1) is 0 Å². The Kier molecular flexibility index (Phi) is 6.75. The molecule has 0 bridgehead atoms. The third-order valence-electron chi connectivity index (χ3n) is 3.72. The van der Waals surface area contributed by atoms with Gasteiger partial charge in [-0.3, -0.25) is 4.90 Å². The summed E-state index contributed by atoms with van der Waals surface area (Å²) in [4.78, 5) is 12.8. The van der Waals surface area contributed by atoms with Crippen molar-refractivity contribution >= 4 is 5.69 Å². The Hall–Kier alpha value is -1.34. The molecule has 1 aliphatic heterocycles. The molecule has 0 radical (unpaired) electrons. The van der Waals surface area contributed by atoms with E-state index in [0.717, 1.165) is 57.8 Å². The molecule has 116 valence electrons. The summed E-state index contributed by atoms with van der Waals surface area (Å²) < 4.78 is 0. The first-order chi connectivity index (χ1) is 10.3. The number of benzene rings is 1. The summed E-state index contributed by atoms with van der Waals surface area (Å²) in [6.07, 6.45) is 0.816. The molecule has 1 aromatic rings. The van der Waals surface area contributed by atoms with Crippen LogP contribution in [0.3, 0.4) is 0 Å². The van der Waals surface area contributed by atoms with E-state index in [-0.39, 0.29) is 6.04 Å². The van der Waals surface area contributed by atoms with E-state index < -0.39 is 0 Å². The van der Waals surface area contributed by atoms with Crippen molar-refractivity contribution in [3.8, 4) is 0 Å². The molecule has 1 saturated heterocycles. The smallest absolute Gasteiger partial charge is 0.108 e. The summed E-state index contributed by atoms with van der Waals surface area (Å²) >= 11 is 0. The summed E-state index contributed by atoms with van der Waals surface area (Å²) in [6, 6.07) is 7.43. The summed E-state index contributed by atoms with van der Waals surface area (Å²) in [5.74, 6) is 0. The molecular weight excluding hydrogens is 266 g/mol. The number of hydrogen-bond acceptors (Lipinski definition) is 6. The lowest BCUT2D eigenvalue weighted by Gasteiger charge is -2.25. The van der Waals surface area contributed by atoms with Gasteiger partial charge in [-0.2, -0.15) is 0 Å². The van der Waals surface area contributed by atoms with Crippen LogP contribution in [-0.4, -0.2) is 56.8 Å². The zero-order chi connectivity index (χ0) is 14.9. The van der Waals surface area contributed by atoms with Gasteiger partial charge < -0.3 is 16.4 Å². The highest BCUT2D eigenvalue weighted by Crippen LogP contribution is 2.13. The maximum Gasteiger partial charge on any atom is 0.108 e. The summed E-state index contributed by atoms with van der Waals surface area (Å²) in [5.41, 5.74) is 7.88. The molecule has 1 heterocycles. The minimum absolute atomic E-state index is 0.0980. The second kappa shape index (κ2) is 8.84. The van der Waals surface area contributed by atoms with E-state index in [1.165, 1.54) is 0 Å². The largest absolute Gasteiger partial charge is 0.326 e. The molecule has 1 aliphatic rings. The van der Waals surface area contributed by atoms with Gasteiger partial charge in [0.2, 0.25) is 0 Å². The lowest BCUT2D eigenvalue weighted by atomic mass is 10.1. The number of nitroso groups, excluding NO2 is 1. The van der Waals surface area contributed by atoms with Crippen LogP contribution in [0.2, 0.25) is 0 Å². The standard InChI is InChI=1S/C15H25N5O/c16-14(11-13-1-3-15(19-21)4-2-13)12-20-9-7-17-5-6-18-8-10-20/h1-4,14,17-18H,5-12,16H2. The van der Waals surface area contributed by atoms with E-state index >= 15 is 0 Å². The van der Waals surface area contributed by atoms with Crippen LogP contribution in [0, 0.1) is 4.91 Å². The highest BCUT2D eigenvalue weighted by atomic mass is 16.3. The van der Waals surface area contributed by atoms with E-state index in [1.54, 1.807) is 12.1 Å². The average molecular weight is 291 g/mol. The first-order valence-corrected chi connectivity index (χ1v) is 7.59. The molecule has 1 unspecified atom stereocenters. The zero-order valence-electron chi connectivity index (χ0n) is 12.4. The van der Waals surface area contributed by atoms with Gasteiger partial charge in [-0.15, -0.1) is 4.91 Å². The van der Waals surface area contributed by atoms with Gasteiger partial charge in [-0.1, -0.05) is 12.1 Å². The molecule has 0 aliphatic carbocycles. The molecule has 1 atom stereocenters. The molecular formula is C15H25N5O. The Labute approximate surface area is 126 Å². The average Bonchev–Trinajstić information content (AvgIpc) is 2.62. The van der Waals surface area contributed by atoms with Crippen LogP contribution < -0.4 is 16.4 Å². The Balaban J connectivity index is 1.80. The summed E-state index contributed by atoms with van der Waals surface area (Å²) in [7, 11) is 0. The number of nitrogens with two attached hydrogens (primary N) is 1. The van der Waals surface area contributed by atoms with Gasteiger partial charge in [-0.05, 0) is 29.3 Å². The minimum Gasteiger partial charge on any atom is -0.326 e. The number of nitrogens with zero attached hydrogens (tertiary/aromatic N) is 2. The first-order valence-electron chi connectivity index (χ1n) is 7.59. The van der Waals surface area contributed by atoms with Gasteiger partial charge in [0, 0.05) is 51.9 Å². The van der Waals surface area contributed by atoms with Crippen LogP contribution in [0.25, 0.3) is 0 Å². The molecule has 6 nitrogen and oxygen atoms in total. The van der Waals surface area contributed by atoms with Crippen LogP contribution in [-0.2, 0) is 6.42 Å². The van der Waals surface area contributed by atoms with E-state index in [0.29, 0.717) is 5.69 Å². The maximum atomic E-state index is 10.4. The Morgan fingerprint density at radius 2 is 1.71 bits per heavy atom. The second-order valence-electron chi connectivity index (χ2n) is 5.52. The molecule has 0 amide bonds. The van der Waals surface area contributed by atoms with Crippen LogP contribution in [0.4, 0.5) is 5.69 Å². The van der Waals surface area contributed by atoms with E-state index in [1.807, 2.05) is 12.1 Å². The molecule has 21 heavy (non-hydrogen) atoms. The van der Waals surface area contributed by atoms with Crippen molar-refractivity contribution in [3.05, 3.63) is 34.7 Å². The molecule has 1 fully saturated rings. The SMILES string of the molecule is NC(Cc1ccc(N=O)cc1)CN1CCNCCNCC1. The van der Waals surface area contributed by atoms with Gasteiger partial charge in [0.25, 0.3) is 0 Å². The maximum absolute atomic E-state index is 10.4. The molecule has 0 spiro atoms.